The number of thiophene rings is 1. The molecular weight excluding hydrogens is 307 g/mol. The molecule has 0 radical (unpaired) electrons. The van der Waals surface area contributed by atoms with E-state index < -0.39 is 0 Å². The van der Waals surface area contributed by atoms with Gasteiger partial charge in [-0.05, 0) is 19.1 Å². The van der Waals surface area contributed by atoms with Crippen molar-refractivity contribution in [2.45, 2.75) is 6.92 Å². The second kappa shape index (κ2) is 7.57. The number of halogens is 1. The average Bonchev–Trinajstić information content (AvgIpc) is 2.97. The molecule has 0 aliphatic heterocycles. The van der Waals surface area contributed by atoms with E-state index in [-0.39, 0.29) is 5.82 Å². The van der Waals surface area contributed by atoms with Gasteiger partial charge in [0.1, 0.15) is 16.9 Å². The summed E-state index contributed by atoms with van der Waals surface area (Å²) in [7, 11) is 0. The smallest absolute Gasteiger partial charge is 0.131 e. The maximum atomic E-state index is 14.1. The van der Waals surface area contributed by atoms with Crippen LogP contribution in [0, 0.1) is 17.1 Å². The van der Waals surface area contributed by atoms with Gasteiger partial charge >= 0.3 is 0 Å². The predicted octanol–water partition coefficient (Wildman–Crippen LogP) is 5.51. The summed E-state index contributed by atoms with van der Waals surface area (Å²) in [6.07, 6.45) is 5.30. The van der Waals surface area contributed by atoms with Gasteiger partial charge in [-0.3, -0.25) is 0 Å². The molecule has 0 saturated carbocycles. The number of hydrogen-bond donors (Lipinski definition) is 0. The van der Waals surface area contributed by atoms with E-state index in [2.05, 4.69) is 19.2 Å². The van der Waals surface area contributed by atoms with Crippen LogP contribution >= 0.6 is 11.3 Å². The Bertz CT molecular complexity index is 796. The highest BCUT2D eigenvalue weighted by atomic mass is 32.1. The van der Waals surface area contributed by atoms with E-state index in [9.17, 15) is 9.65 Å². The molecule has 2 aromatic rings. The fourth-order valence-corrected chi connectivity index (χ4v) is 3.40. The van der Waals surface area contributed by atoms with Gasteiger partial charge in [0, 0.05) is 28.7 Å². The van der Waals surface area contributed by atoms with Crippen LogP contribution in [0.5, 0.6) is 0 Å². The van der Waals surface area contributed by atoms with E-state index in [4.69, 9.17) is 0 Å². The molecule has 0 atom stereocenters. The van der Waals surface area contributed by atoms with Gasteiger partial charge in [0.15, 0.2) is 0 Å². The molecule has 1 heterocycles. The predicted molar refractivity (Wildman–Crippen MR) is 95.9 cm³/mol. The van der Waals surface area contributed by atoms with Crippen molar-refractivity contribution in [1.82, 2.24) is 0 Å². The topological polar surface area (TPSA) is 27.0 Å². The Morgan fingerprint density at radius 2 is 2.13 bits per heavy atom. The minimum Gasteiger partial charge on any atom is -0.333 e. The second-order valence-electron chi connectivity index (χ2n) is 4.75. The van der Waals surface area contributed by atoms with Crippen LogP contribution in [-0.4, -0.2) is 6.54 Å². The zero-order valence-electron chi connectivity index (χ0n) is 12.9. The van der Waals surface area contributed by atoms with Gasteiger partial charge in [-0.1, -0.05) is 43.5 Å². The first-order valence-corrected chi connectivity index (χ1v) is 8.04. The lowest BCUT2D eigenvalue weighted by molar-refractivity contribution is 0.631. The van der Waals surface area contributed by atoms with E-state index in [1.807, 2.05) is 23.3 Å². The van der Waals surface area contributed by atoms with E-state index in [1.54, 1.807) is 30.4 Å². The molecule has 0 saturated heterocycles. The Morgan fingerprint density at radius 1 is 1.39 bits per heavy atom. The Morgan fingerprint density at radius 3 is 2.74 bits per heavy atom. The SMILES string of the molecule is C=C/C=C\C(=C)N(CC)c1scc(-c2ccccc2F)c1C#N. The summed E-state index contributed by atoms with van der Waals surface area (Å²) >= 11 is 1.41. The molecule has 0 spiro atoms. The summed E-state index contributed by atoms with van der Waals surface area (Å²) in [5.41, 5.74) is 2.28. The maximum Gasteiger partial charge on any atom is 0.131 e. The number of rotatable bonds is 6. The third-order valence-electron chi connectivity index (χ3n) is 3.38. The summed E-state index contributed by atoms with van der Waals surface area (Å²) in [5, 5.41) is 12.2. The van der Waals surface area contributed by atoms with Crippen molar-refractivity contribution in [1.29, 1.82) is 5.26 Å². The summed E-state index contributed by atoms with van der Waals surface area (Å²) in [6, 6.07) is 8.70. The van der Waals surface area contributed by atoms with Crippen LogP contribution in [0.15, 0.2) is 66.7 Å². The number of likely N-dealkylation sites (N-methyl/N-ethyl adjacent to an activating group) is 1. The number of nitrogens with zero attached hydrogens (tertiary/aromatic N) is 2. The zero-order valence-corrected chi connectivity index (χ0v) is 13.7. The molecule has 0 aliphatic rings. The third-order valence-corrected chi connectivity index (χ3v) is 4.38. The molecular formula is C19H17FN2S. The zero-order chi connectivity index (χ0) is 16.8. The lowest BCUT2D eigenvalue weighted by Crippen LogP contribution is -2.19. The van der Waals surface area contributed by atoms with Crippen LogP contribution in [0.25, 0.3) is 11.1 Å². The fourth-order valence-electron chi connectivity index (χ4n) is 2.28. The Hall–Kier alpha value is -2.64. The van der Waals surface area contributed by atoms with Crippen molar-refractivity contribution in [2.75, 3.05) is 11.4 Å². The standard InChI is InChI=1S/C19H17FN2S/c1-4-6-9-14(3)22(5-2)19-16(12-21)17(13-23-19)15-10-7-8-11-18(15)20/h4,6-11,13H,1,3,5H2,2H3/b9-6-. The molecule has 1 aromatic carbocycles. The molecule has 116 valence electrons. The van der Waals surface area contributed by atoms with Gasteiger partial charge in [-0.25, -0.2) is 4.39 Å². The van der Waals surface area contributed by atoms with Crippen LogP contribution in [0.1, 0.15) is 12.5 Å². The monoisotopic (exact) mass is 324 g/mol. The first-order chi connectivity index (χ1) is 11.1. The molecule has 0 amide bonds. The lowest BCUT2D eigenvalue weighted by Gasteiger charge is -2.22. The molecule has 4 heteroatoms. The van der Waals surface area contributed by atoms with Gasteiger partial charge in [-0.15, -0.1) is 11.3 Å². The molecule has 0 N–H and O–H groups in total. The molecule has 23 heavy (non-hydrogen) atoms. The van der Waals surface area contributed by atoms with Gasteiger partial charge in [0.05, 0.1) is 5.56 Å². The van der Waals surface area contributed by atoms with Crippen molar-refractivity contribution < 1.29 is 4.39 Å². The Kier molecular flexibility index (Phi) is 5.51. The van der Waals surface area contributed by atoms with Crippen LogP contribution < -0.4 is 4.90 Å². The van der Waals surface area contributed by atoms with Crippen LogP contribution in [0.2, 0.25) is 0 Å². The summed E-state index contributed by atoms with van der Waals surface area (Å²) in [4.78, 5) is 1.94. The number of benzene rings is 1. The van der Waals surface area contributed by atoms with Crippen LogP contribution in [0.3, 0.4) is 0 Å². The van der Waals surface area contributed by atoms with Crippen LogP contribution in [0.4, 0.5) is 9.39 Å². The van der Waals surface area contributed by atoms with Crippen LogP contribution in [-0.2, 0) is 0 Å². The third kappa shape index (κ3) is 3.41. The molecule has 2 nitrogen and oxygen atoms in total. The Labute approximate surface area is 140 Å². The number of anilines is 1. The molecule has 0 aliphatic carbocycles. The fraction of sp³-hybridized carbons (Fsp3) is 0.105. The van der Waals surface area contributed by atoms with E-state index in [0.29, 0.717) is 23.2 Å². The maximum absolute atomic E-state index is 14.1. The summed E-state index contributed by atoms with van der Waals surface area (Å²) in [6.45, 7) is 10.3. The number of hydrogen-bond acceptors (Lipinski definition) is 3. The molecule has 0 unspecified atom stereocenters. The van der Waals surface area contributed by atoms with Crippen molar-refractivity contribution in [3.63, 3.8) is 0 Å². The summed E-state index contributed by atoms with van der Waals surface area (Å²) < 4.78 is 14.1. The number of nitriles is 1. The van der Waals surface area contributed by atoms with E-state index in [0.717, 1.165) is 10.7 Å². The molecule has 2 rings (SSSR count). The highest BCUT2D eigenvalue weighted by Gasteiger charge is 2.20. The summed E-state index contributed by atoms with van der Waals surface area (Å²) in [5.74, 6) is -0.332. The highest BCUT2D eigenvalue weighted by Crippen LogP contribution is 2.39. The van der Waals surface area contributed by atoms with Gasteiger partial charge in [-0.2, -0.15) is 5.26 Å². The first kappa shape index (κ1) is 16.7. The minimum atomic E-state index is -0.332. The molecule has 0 bridgehead atoms. The van der Waals surface area contributed by atoms with Crippen molar-refractivity contribution in [2.24, 2.45) is 0 Å². The average molecular weight is 324 g/mol. The largest absolute Gasteiger partial charge is 0.333 e. The van der Waals surface area contributed by atoms with Gasteiger partial charge in [0.25, 0.3) is 0 Å². The van der Waals surface area contributed by atoms with E-state index >= 15 is 0 Å². The second-order valence-corrected chi connectivity index (χ2v) is 5.61. The highest BCUT2D eigenvalue weighted by molar-refractivity contribution is 7.15. The van der Waals surface area contributed by atoms with Crippen molar-refractivity contribution in [3.8, 4) is 17.2 Å². The quantitative estimate of drug-likeness (QED) is 0.655. The van der Waals surface area contributed by atoms with Gasteiger partial charge < -0.3 is 4.90 Å². The molecule has 1 aromatic heterocycles. The normalized spacial score (nSPS) is 10.5. The van der Waals surface area contributed by atoms with E-state index in [1.165, 1.54) is 17.4 Å². The molecule has 0 fully saturated rings. The van der Waals surface area contributed by atoms with Crippen molar-refractivity contribution >= 4 is 16.3 Å². The Balaban J connectivity index is 2.52. The first-order valence-electron chi connectivity index (χ1n) is 7.16. The van der Waals surface area contributed by atoms with Crippen molar-refractivity contribution in [3.05, 3.63) is 78.1 Å². The minimum absolute atomic E-state index is 0.332. The lowest BCUT2D eigenvalue weighted by atomic mass is 10.0. The van der Waals surface area contributed by atoms with Gasteiger partial charge in [0.2, 0.25) is 0 Å². The number of allylic oxidation sites excluding steroid dienone is 3.